The Labute approximate surface area is 146 Å². The van der Waals surface area contributed by atoms with Crippen LogP contribution < -0.4 is 15.0 Å². The van der Waals surface area contributed by atoms with E-state index in [1.54, 1.807) is 18.2 Å². The van der Waals surface area contributed by atoms with Crippen LogP contribution in [0.3, 0.4) is 0 Å². The summed E-state index contributed by atoms with van der Waals surface area (Å²) in [5, 5.41) is 3.38. The van der Waals surface area contributed by atoms with Crippen molar-refractivity contribution in [3.8, 4) is 5.75 Å². The number of nitrogens with one attached hydrogen (secondary N) is 1. The number of benzene rings is 1. The van der Waals surface area contributed by atoms with Gasteiger partial charge in [-0.2, -0.15) is 8.78 Å². The molecule has 4 nitrogen and oxygen atoms in total. The third kappa shape index (κ3) is 4.66. The first-order chi connectivity index (χ1) is 12.1. The maximum Gasteiger partial charge on any atom is 0.387 e. The molecule has 1 fully saturated rings. The molecule has 0 saturated carbocycles. The zero-order valence-corrected chi connectivity index (χ0v) is 14.3. The zero-order valence-electron chi connectivity index (χ0n) is 14.3. The SMILES string of the molecule is CC(NCc1ccnc(N2CCCC2)c1)c1ccccc1OC(F)F. The number of pyridine rings is 1. The summed E-state index contributed by atoms with van der Waals surface area (Å²) < 4.78 is 29.7. The molecule has 1 unspecified atom stereocenters. The van der Waals surface area contributed by atoms with Crippen molar-refractivity contribution in [2.45, 2.75) is 39.0 Å². The Hall–Kier alpha value is -2.21. The third-order valence-corrected chi connectivity index (χ3v) is 4.45. The number of para-hydroxylation sites is 1. The summed E-state index contributed by atoms with van der Waals surface area (Å²) in [4.78, 5) is 6.74. The molecule has 0 bridgehead atoms. The first-order valence-electron chi connectivity index (χ1n) is 8.60. The van der Waals surface area contributed by atoms with Crippen molar-refractivity contribution in [3.05, 3.63) is 53.7 Å². The highest BCUT2D eigenvalue weighted by Gasteiger charge is 2.16. The van der Waals surface area contributed by atoms with Gasteiger partial charge in [0, 0.05) is 37.4 Å². The van der Waals surface area contributed by atoms with Crippen LogP contribution in [0, 0.1) is 0 Å². The van der Waals surface area contributed by atoms with Gasteiger partial charge < -0.3 is 15.0 Å². The predicted octanol–water partition coefficient (Wildman–Crippen LogP) is 4.13. The lowest BCUT2D eigenvalue weighted by Crippen LogP contribution is -2.21. The Balaban J connectivity index is 1.64. The van der Waals surface area contributed by atoms with Gasteiger partial charge in [0.05, 0.1) is 0 Å². The van der Waals surface area contributed by atoms with E-state index in [-0.39, 0.29) is 11.8 Å². The van der Waals surface area contributed by atoms with Crippen LogP contribution in [0.1, 0.15) is 36.9 Å². The van der Waals surface area contributed by atoms with Gasteiger partial charge in [-0.3, -0.25) is 0 Å². The third-order valence-electron chi connectivity index (χ3n) is 4.45. The van der Waals surface area contributed by atoms with Gasteiger partial charge in [-0.1, -0.05) is 18.2 Å². The predicted molar refractivity (Wildman–Crippen MR) is 94.0 cm³/mol. The van der Waals surface area contributed by atoms with Crippen LogP contribution in [-0.2, 0) is 6.54 Å². The fourth-order valence-corrected chi connectivity index (χ4v) is 3.11. The molecule has 1 saturated heterocycles. The fourth-order valence-electron chi connectivity index (χ4n) is 3.11. The van der Waals surface area contributed by atoms with Crippen molar-refractivity contribution in [2.24, 2.45) is 0 Å². The number of rotatable bonds is 7. The van der Waals surface area contributed by atoms with E-state index in [4.69, 9.17) is 0 Å². The highest BCUT2D eigenvalue weighted by atomic mass is 19.3. The van der Waals surface area contributed by atoms with Crippen molar-refractivity contribution >= 4 is 5.82 Å². The molecule has 0 spiro atoms. The Kier molecular flexibility index (Phi) is 5.81. The van der Waals surface area contributed by atoms with Crippen LogP contribution in [0.2, 0.25) is 0 Å². The van der Waals surface area contributed by atoms with E-state index >= 15 is 0 Å². The number of anilines is 1. The summed E-state index contributed by atoms with van der Waals surface area (Å²) in [5.41, 5.74) is 1.84. The second-order valence-electron chi connectivity index (χ2n) is 6.24. The molecule has 2 aromatic rings. The molecule has 134 valence electrons. The minimum Gasteiger partial charge on any atom is -0.434 e. The lowest BCUT2D eigenvalue weighted by molar-refractivity contribution is -0.0506. The second-order valence-corrected chi connectivity index (χ2v) is 6.24. The summed E-state index contributed by atoms with van der Waals surface area (Å²) in [6.45, 7) is 1.86. The van der Waals surface area contributed by atoms with E-state index in [1.165, 1.54) is 12.8 Å². The normalized spacial score (nSPS) is 15.6. The molecule has 2 heterocycles. The number of hydrogen-bond acceptors (Lipinski definition) is 4. The largest absolute Gasteiger partial charge is 0.434 e. The summed E-state index contributed by atoms with van der Waals surface area (Å²) >= 11 is 0. The highest BCUT2D eigenvalue weighted by Crippen LogP contribution is 2.26. The summed E-state index contributed by atoms with van der Waals surface area (Å²) in [6.07, 6.45) is 4.24. The van der Waals surface area contributed by atoms with E-state index in [1.807, 2.05) is 25.3 Å². The second kappa shape index (κ2) is 8.25. The first-order valence-corrected chi connectivity index (χ1v) is 8.60. The number of alkyl halides is 2. The van der Waals surface area contributed by atoms with Gasteiger partial charge in [-0.25, -0.2) is 4.98 Å². The monoisotopic (exact) mass is 347 g/mol. The topological polar surface area (TPSA) is 37.4 Å². The van der Waals surface area contributed by atoms with Crippen LogP contribution in [-0.4, -0.2) is 24.7 Å². The molecule has 1 aliphatic heterocycles. The van der Waals surface area contributed by atoms with Crippen molar-refractivity contribution in [1.29, 1.82) is 0 Å². The number of nitrogens with zero attached hydrogens (tertiary/aromatic N) is 2. The fraction of sp³-hybridized carbons (Fsp3) is 0.421. The summed E-state index contributed by atoms with van der Waals surface area (Å²) in [5.74, 6) is 1.22. The van der Waals surface area contributed by atoms with Crippen LogP contribution >= 0.6 is 0 Å². The average molecular weight is 347 g/mol. The molecular weight excluding hydrogens is 324 g/mol. The first kappa shape index (κ1) is 17.6. The molecule has 3 rings (SSSR count). The van der Waals surface area contributed by atoms with E-state index in [2.05, 4.69) is 26.0 Å². The smallest absolute Gasteiger partial charge is 0.387 e. The summed E-state index contributed by atoms with van der Waals surface area (Å²) in [7, 11) is 0. The van der Waals surface area contributed by atoms with E-state index in [0.29, 0.717) is 6.54 Å². The number of halogens is 2. The number of aromatic nitrogens is 1. The zero-order chi connectivity index (χ0) is 17.6. The minimum absolute atomic E-state index is 0.113. The van der Waals surface area contributed by atoms with Gasteiger partial charge in [0.25, 0.3) is 0 Å². The van der Waals surface area contributed by atoms with E-state index in [9.17, 15) is 8.78 Å². The molecule has 1 aromatic heterocycles. The quantitative estimate of drug-likeness (QED) is 0.817. The van der Waals surface area contributed by atoms with Crippen molar-refractivity contribution in [3.63, 3.8) is 0 Å². The van der Waals surface area contributed by atoms with Crippen LogP contribution in [0.4, 0.5) is 14.6 Å². The molecular formula is C19H23F2N3O. The van der Waals surface area contributed by atoms with Crippen LogP contribution in [0.15, 0.2) is 42.6 Å². The van der Waals surface area contributed by atoms with Gasteiger partial charge in [0.1, 0.15) is 11.6 Å². The molecule has 0 aliphatic carbocycles. The molecule has 1 aliphatic rings. The molecule has 0 amide bonds. The van der Waals surface area contributed by atoms with E-state index in [0.717, 1.165) is 30.0 Å². The molecule has 1 aromatic carbocycles. The van der Waals surface area contributed by atoms with Crippen molar-refractivity contribution < 1.29 is 13.5 Å². The van der Waals surface area contributed by atoms with Crippen LogP contribution in [0.5, 0.6) is 5.75 Å². The Morgan fingerprint density at radius 1 is 1.20 bits per heavy atom. The molecule has 1 atom stereocenters. The maximum absolute atomic E-state index is 12.6. The average Bonchev–Trinajstić information content (AvgIpc) is 3.15. The Morgan fingerprint density at radius 3 is 2.72 bits per heavy atom. The molecule has 6 heteroatoms. The van der Waals surface area contributed by atoms with Gasteiger partial charge in [0.2, 0.25) is 0 Å². The molecule has 0 radical (unpaired) electrons. The lowest BCUT2D eigenvalue weighted by Gasteiger charge is -2.19. The highest BCUT2D eigenvalue weighted by molar-refractivity contribution is 5.42. The van der Waals surface area contributed by atoms with Crippen LogP contribution in [0.25, 0.3) is 0 Å². The molecule has 25 heavy (non-hydrogen) atoms. The molecule has 1 N–H and O–H groups in total. The number of ether oxygens (including phenoxy) is 1. The maximum atomic E-state index is 12.6. The standard InChI is InChI=1S/C19H23F2N3O/c1-14(16-6-2-3-7-17(16)25-19(20)21)23-13-15-8-9-22-18(12-15)24-10-4-5-11-24/h2-3,6-9,12,14,19,23H,4-5,10-11,13H2,1H3. The Morgan fingerprint density at radius 2 is 1.96 bits per heavy atom. The van der Waals surface area contributed by atoms with Crippen molar-refractivity contribution in [2.75, 3.05) is 18.0 Å². The minimum atomic E-state index is -2.82. The Bertz CT molecular complexity index is 690. The number of hydrogen-bond donors (Lipinski definition) is 1. The van der Waals surface area contributed by atoms with Gasteiger partial charge in [-0.15, -0.1) is 0 Å². The summed E-state index contributed by atoms with van der Waals surface area (Å²) in [6, 6.07) is 10.8. The van der Waals surface area contributed by atoms with Gasteiger partial charge in [0.15, 0.2) is 0 Å². The van der Waals surface area contributed by atoms with E-state index < -0.39 is 6.61 Å². The van der Waals surface area contributed by atoms with Gasteiger partial charge >= 0.3 is 6.61 Å². The van der Waals surface area contributed by atoms with Gasteiger partial charge in [-0.05, 0) is 43.5 Å². The lowest BCUT2D eigenvalue weighted by atomic mass is 10.1. The van der Waals surface area contributed by atoms with Crippen molar-refractivity contribution in [1.82, 2.24) is 10.3 Å².